The monoisotopic (exact) mass is 386 g/mol. The van der Waals surface area contributed by atoms with Crippen molar-refractivity contribution in [2.24, 2.45) is 0 Å². The predicted molar refractivity (Wildman–Crippen MR) is 107 cm³/mol. The number of nitrogens with zero attached hydrogens (tertiary/aromatic N) is 1. The van der Waals surface area contributed by atoms with Crippen LogP contribution in [0.1, 0.15) is 12.0 Å². The van der Waals surface area contributed by atoms with Gasteiger partial charge in [0.1, 0.15) is 5.58 Å². The van der Waals surface area contributed by atoms with E-state index in [1.165, 1.54) is 16.6 Å². The van der Waals surface area contributed by atoms with Crippen molar-refractivity contribution in [1.29, 1.82) is 0 Å². The molecule has 27 heavy (non-hydrogen) atoms. The second-order valence-electron chi connectivity index (χ2n) is 6.34. The van der Waals surface area contributed by atoms with Gasteiger partial charge in [-0.25, -0.2) is 13.2 Å². The van der Waals surface area contributed by atoms with Crippen LogP contribution in [0.3, 0.4) is 0 Å². The Bertz CT molecular complexity index is 1060. The first-order chi connectivity index (χ1) is 12.9. The number of rotatable bonds is 8. The Labute approximate surface area is 158 Å². The fourth-order valence-electron chi connectivity index (χ4n) is 2.89. The van der Waals surface area contributed by atoms with Gasteiger partial charge in [0, 0.05) is 31.1 Å². The number of nitrogens with one attached hydrogen (secondary N) is 1. The van der Waals surface area contributed by atoms with Crippen molar-refractivity contribution in [3.8, 4) is 0 Å². The molecule has 0 saturated carbocycles. The number of hydrogen-bond acceptors (Lipinski definition) is 5. The van der Waals surface area contributed by atoms with Crippen LogP contribution >= 0.6 is 0 Å². The van der Waals surface area contributed by atoms with Gasteiger partial charge in [-0.2, -0.15) is 4.31 Å². The van der Waals surface area contributed by atoms with E-state index in [2.05, 4.69) is 5.32 Å². The quantitative estimate of drug-likeness (QED) is 0.475. The van der Waals surface area contributed by atoms with Crippen LogP contribution in [0.15, 0.2) is 69.9 Å². The molecular weight excluding hydrogens is 364 g/mol. The lowest BCUT2D eigenvalue weighted by atomic mass is 10.2. The van der Waals surface area contributed by atoms with Crippen molar-refractivity contribution in [3.05, 3.63) is 76.6 Å². The van der Waals surface area contributed by atoms with Crippen LogP contribution in [0.4, 0.5) is 5.69 Å². The van der Waals surface area contributed by atoms with Gasteiger partial charge in [0.2, 0.25) is 10.0 Å². The molecule has 0 spiro atoms. The molecule has 0 bridgehead atoms. The number of hydrogen-bond donors (Lipinski definition) is 1. The van der Waals surface area contributed by atoms with Crippen LogP contribution in [0.25, 0.3) is 11.0 Å². The molecule has 3 aromatic rings. The molecular formula is C20H22N2O4S. The average Bonchev–Trinajstić information content (AvgIpc) is 2.64. The van der Waals surface area contributed by atoms with E-state index in [4.69, 9.17) is 4.42 Å². The second kappa shape index (κ2) is 8.37. The van der Waals surface area contributed by atoms with Crippen molar-refractivity contribution >= 4 is 26.7 Å². The van der Waals surface area contributed by atoms with Gasteiger partial charge in [-0.3, -0.25) is 0 Å². The number of sulfonamides is 1. The van der Waals surface area contributed by atoms with Crippen LogP contribution in [-0.4, -0.2) is 32.1 Å². The van der Waals surface area contributed by atoms with Crippen molar-refractivity contribution in [1.82, 2.24) is 4.31 Å². The minimum atomic E-state index is -3.31. The molecule has 0 atom stereocenters. The van der Waals surface area contributed by atoms with Gasteiger partial charge in [-0.05, 0) is 24.1 Å². The van der Waals surface area contributed by atoms with Crippen LogP contribution in [0.2, 0.25) is 0 Å². The molecule has 0 radical (unpaired) electrons. The molecule has 142 valence electrons. The molecule has 0 fully saturated rings. The third-order valence-electron chi connectivity index (χ3n) is 4.22. The molecule has 0 aliphatic rings. The molecule has 1 aromatic heterocycles. The highest BCUT2D eigenvalue weighted by molar-refractivity contribution is 7.88. The molecule has 0 unspecified atom stereocenters. The summed E-state index contributed by atoms with van der Waals surface area (Å²) in [5.41, 5.74) is 1.74. The summed E-state index contributed by atoms with van der Waals surface area (Å²) in [5, 5.41) is 4.04. The first-order valence-corrected chi connectivity index (χ1v) is 10.5. The molecule has 6 nitrogen and oxygen atoms in total. The van der Waals surface area contributed by atoms with Crippen LogP contribution in [0.5, 0.6) is 0 Å². The molecule has 0 aliphatic heterocycles. The Morgan fingerprint density at radius 3 is 2.48 bits per heavy atom. The minimum Gasteiger partial charge on any atom is -0.423 e. The van der Waals surface area contributed by atoms with Gasteiger partial charge in [-0.1, -0.05) is 42.5 Å². The van der Waals surface area contributed by atoms with Crippen molar-refractivity contribution in [2.45, 2.75) is 13.0 Å². The highest BCUT2D eigenvalue weighted by Gasteiger charge is 2.16. The largest absolute Gasteiger partial charge is 0.423 e. The maximum Gasteiger partial charge on any atom is 0.338 e. The van der Waals surface area contributed by atoms with Crippen LogP contribution in [0, 0.1) is 0 Å². The SMILES string of the molecule is CS(=O)(=O)N(CCCNc1cc(=O)oc2ccccc12)Cc1ccccc1. The topological polar surface area (TPSA) is 79.6 Å². The molecule has 1 N–H and O–H groups in total. The van der Waals surface area contributed by atoms with E-state index in [0.29, 0.717) is 37.3 Å². The predicted octanol–water partition coefficient (Wildman–Crippen LogP) is 3.06. The second-order valence-corrected chi connectivity index (χ2v) is 8.32. The van der Waals surface area contributed by atoms with E-state index in [9.17, 15) is 13.2 Å². The molecule has 0 saturated heterocycles. The smallest absolute Gasteiger partial charge is 0.338 e. The van der Waals surface area contributed by atoms with Gasteiger partial charge >= 0.3 is 5.63 Å². The van der Waals surface area contributed by atoms with E-state index < -0.39 is 15.6 Å². The fraction of sp³-hybridized carbons (Fsp3) is 0.250. The normalized spacial score (nSPS) is 11.8. The molecule has 0 amide bonds. The first kappa shape index (κ1) is 19.1. The summed E-state index contributed by atoms with van der Waals surface area (Å²) in [6, 6.07) is 18.2. The Balaban J connectivity index is 1.64. The molecule has 3 rings (SSSR count). The first-order valence-electron chi connectivity index (χ1n) is 8.69. The van der Waals surface area contributed by atoms with E-state index >= 15 is 0 Å². The van der Waals surface area contributed by atoms with Crippen molar-refractivity contribution in [2.75, 3.05) is 24.7 Å². The summed E-state index contributed by atoms with van der Waals surface area (Å²) in [5.74, 6) is 0. The fourth-order valence-corrected chi connectivity index (χ4v) is 3.73. The summed E-state index contributed by atoms with van der Waals surface area (Å²) in [7, 11) is -3.31. The maximum absolute atomic E-state index is 12.1. The Kier molecular flexibility index (Phi) is 5.93. The Morgan fingerprint density at radius 2 is 1.74 bits per heavy atom. The van der Waals surface area contributed by atoms with E-state index in [1.807, 2.05) is 48.5 Å². The zero-order valence-corrected chi connectivity index (χ0v) is 15.9. The summed E-state index contributed by atoms with van der Waals surface area (Å²) in [6.45, 7) is 1.27. The zero-order valence-electron chi connectivity index (χ0n) is 15.1. The van der Waals surface area contributed by atoms with Gasteiger partial charge in [0.05, 0.1) is 11.9 Å². The van der Waals surface area contributed by atoms with E-state index in [-0.39, 0.29) is 0 Å². The lowest BCUT2D eigenvalue weighted by molar-refractivity contribution is 0.407. The van der Waals surface area contributed by atoms with Crippen molar-refractivity contribution < 1.29 is 12.8 Å². The van der Waals surface area contributed by atoms with Gasteiger partial charge < -0.3 is 9.73 Å². The highest BCUT2D eigenvalue weighted by Crippen LogP contribution is 2.21. The van der Waals surface area contributed by atoms with Crippen molar-refractivity contribution in [3.63, 3.8) is 0 Å². The summed E-state index contributed by atoms with van der Waals surface area (Å²) >= 11 is 0. The maximum atomic E-state index is 12.1. The van der Waals surface area contributed by atoms with E-state index in [0.717, 1.165) is 10.9 Å². The third-order valence-corrected chi connectivity index (χ3v) is 5.47. The zero-order chi connectivity index (χ0) is 19.3. The van der Waals surface area contributed by atoms with Crippen LogP contribution in [-0.2, 0) is 16.6 Å². The lowest BCUT2D eigenvalue weighted by Crippen LogP contribution is -2.31. The summed E-state index contributed by atoms with van der Waals surface area (Å²) in [4.78, 5) is 11.7. The Hall–Kier alpha value is -2.64. The number of para-hydroxylation sites is 1. The standard InChI is InChI=1S/C20H22N2O4S/c1-27(24,25)22(15-16-8-3-2-4-9-16)13-7-12-21-18-14-20(23)26-19-11-6-5-10-17(18)19/h2-6,8-11,14,21H,7,12-13,15H2,1H3. The number of benzene rings is 2. The summed E-state index contributed by atoms with van der Waals surface area (Å²) in [6.07, 6.45) is 1.83. The van der Waals surface area contributed by atoms with Crippen LogP contribution < -0.4 is 10.9 Å². The van der Waals surface area contributed by atoms with Gasteiger partial charge in [-0.15, -0.1) is 0 Å². The van der Waals surface area contributed by atoms with Gasteiger partial charge in [0.15, 0.2) is 0 Å². The average molecular weight is 386 g/mol. The molecule has 2 aromatic carbocycles. The van der Waals surface area contributed by atoms with E-state index in [1.54, 1.807) is 6.07 Å². The molecule has 1 heterocycles. The molecule has 0 aliphatic carbocycles. The molecule has 7 heteroatoms. The minimum absolute atomic E-state index is 0.345. The Morgan fingerprint density at radius 1 is 1.04 bits per heavy atom. The number of anilines is 1. The lowest BCUT2D eigenvalue weighted by Gasteiger charge is -2.20. The third kappa shape index (κ3) is 5.18. The summed E-state index contributed by atoms with van der Waals surface area (Å²) < 4.78 is 30.8. The number of fused-ring (bicyclic) bond motifs is 1. The highest BCUT2D eigenvalue weighted by atomic mass is 32.2. The van der Waals surface area contributed by atoms with Gasteiger partial charge in [0.25, 0.3) is 0 Å².